The fourth-order valence-electron chi connectivity index (χ4n) is 2.04. The van der Waals surface area contributed by atoms with Crippen molar-refractivity contribution in [1.82, 2.24) is 29.5 Å². The zero-order valence-electron chi connectivity index (χ0n) is 13.3. The Morgan fingerprint density at radius 1 is 1.33 bits per heavy atom. The number of halogens is 3. The zero-order valence-corrected chi connectivity index (χ0v) is 14.1. The van der Waals surface area contributed by atoms with E-state index in [4.69, 9.17) is 0 Å². The number of aromatic hydroxyl groups is 1. The average Bonchev–Trinajstić information content (AvgIpc) is 3.07. The Morgan fingerprint density at radius 3 is 2.59 bits per heavy atom. The van der Waals surface area contributed by atoms with Gasteiger partial charge in [-0.15, -0.1) is 0 Å². The zero-order chi connectivity index (χ0) is 20.0. The number of nitrogens with one attached hydrogen (secondary N) is 2. The van der Waals surface area contributed by atoms with Crippen LogP contribution >= 0.6 is 0 Å². The van der Waals surface area contributed by atoms with Crippen molar-refractivity contribution >= 4 is 21.6 Å². The van der Waals surface area contributed by atoms with Gasteiger partial charge in [-0.1, -0.05) is 0 Å². The van der Waals surface area contributed by atoms with Gasteiger partial charge < -0.3 is 10.1 Å². The Labute approximate surface area is 146 Å². The van der Waals surface area contributed by atoms with Gasteiger partial charge in [0.15, 0.2) is 5.65 Å². The van der Waals surface area contributed by atoms with Gasteiger partial charge in [-0.2, -0.15) is 32.8 Å². The number of aromatic nitrogens is 6. The molecule has 3 aromatic heterocycles. The molecule has 0 aliphatic rings. The summed E-state index contributed by atoms with van der Waals surface area (Å²) in [7, 11) is -3.97. The van der Waals surface area contributed by atoms with Crippen molar-refractivity contribution in [3.63, 3.8) is 0 Å². The van der Waals surface area contributed by atoms with E-state index in [-0.39, 0.29) is 16.6 Å². The fraction of sp³-hybridized carbons (Fsp3) is 0.250. The molecule has 3 N–H and O–H groups in total. The van der Waals surface area contributed by atoms with E-state index in [2.05, 4.69) is 30.0 Å². The van der Waals surface area contributed by atoms with Crippen LogP contribution in [0.1, 0.15) is 5.69 Å². The van der Waals surface area contributed by atoms with Gasteiger partial charge >= 0.3 is 11.9 Å². The van der Waals surface area contributed by atoms with Gasteiger partial charge in [-0.05, 0) is 6.08 Å². The summed E-state index contributed by atoms with van der Waals surface area (Å²) in [6, 6.07) is 0. The van der Waals surface area contributed by atoms with E-state index in [0.29, 0.717) is 0 Å². The molecule has 144 valence electrons. The maximum Gasteiger partial charge on any atom is 0.408 e. The molecular formula is C12H10F3N7O4S. The average molecular weight is 405 g/mol. The van der Waals surface area contributed by atoms with Crippen LogP contribution in [0.4, 0.5) is 13.2 Å². The third-order valence-electron chi connectivity index (χ3n) is 3.12. The van der Waals surface area contributed by atoms with E-state index in [9.17, 15) is 31.5 Å². The summed E-state index contributed by atoms with van der Waals surface area (Å²) in [5.41, 5.74) is -1.58. The molecule has 3 aromatic rings. The Morgan fingerprint density at radius 2 is 2.04 bits per heavy atom. The largest absolute Gasteiger partial charge is 0.493 e. The lowest BCUT2D eigenvalue weighted by molar-refractivity contribution is -0.118. The molecule has 0 aliphatic heterocycles. The Balaban J connectivity index is 2.34. The Bertz CT molecular complexity index is 1300. The molecule has 3 heterocycles. The highest BCUT2D eigenvalue weighted by Gasteiger charge is 2.27. The molecule has 11 nitrogen and oxygen atoms in total. The lowest BCUT2D eigenvalue weighted by atomic mass is 10.3. The van der Waals surface area contributed by atoms with Gasteiger partial charge in [0.2, 0.25) is 15.7 Å². The van der Waals surface area contributed by atoms with Crippen LogP contribution in [0, 0.1) is 0 Å². The standard InChI is InChI=1S/C12H10F3N7O4S/c1-27(25,26)11-19-7-5(2-6-8(23)20-10(24)18-6)3-17-22(7)9(21-11)16-4-12(13,14)15/h2-3,23H,4H2,1H3,(H2,18,20,24)/b5-2-,16-9?. The normalized spacial score (nSPS) is 14.4. The topological polar surface area (TPSA) is 158 Å². The Hall–Kier alpha value is -3.23. The number of H-pyrrole nitrogens is 2. The number of hydrogen-bond donors (Lipinski definition) is 3. The van der Waals surface area contributed by atoms with E-state index >= 15 is 0 Å². The van der Waals surface area contributed by atoms with Gasteiger partial charge in [0.25, 0.3) is 10.8 Å². The first-order valence-corrected chi connectivity index (χ1v) is 8.89. The predicted octanol–water partition coefficient (Wildman–Crippen LogP) is -1.74. The summed E-state index contributed by atoms with van der Waals surface area (Å²) in [5, 5.41) is 12.7. The number of sulfone groups is 1. The summed E-state index contributed by atoms with van der Waals surface area (Å²) in [4.78, 5) is 26.1. The van der Waals surface area contributed by atoms with Crippen LogP contribution in [-0.2, 0) is 9.84 Å². The lowest BCUT2D eigenvalue weighted by Crippen LogP contribution is -2.27. The number of aromatic amines is 2. The van der Waals surface area contributed by atoms with E-state index in [1.807, 2.05) is 0 Å². The first-order chi connectivity index (χ1) is 12.4. The summed E-state index contributed by atoms with van der Waals surface area (Å²) in [6.45, 7) is -1.60. The molecule has 0 unspecified atom stereocenters. The molecule has 0 radical (unpaired) electrons. The van der Waals surface area contributed by atoms with Crippen molar-refractivity contribution < 1.29 is 26.7 Å². The first kappa shape index (κ1) is 18.6. The van der Waals surface area contributed by atoms with Crippen LogP contribution in [0.5, 0.6) is 5.88 Å². The second kappa shape index (κ2) is 6.19. The molecule has 3 rings (SSSR count). The smallest absolute Gasteiger partial charge is 0.408 e. The van der Waals surface area contributed by atoms with Crippen LogP contribution in [0.2, 0.25) is 0 Å². The molecule has 0 bridgehead atoms. The maximum atomic E-state index is 12.5. The highest BCUT2D eigenvalue weighted by molar-refractivity contribution is 7.90. The number of hydrogen-bond acceptors (Lipinski definition) is 8. The predicted molar refractivity (Wildman–Crippen MR) is 82.2 cm³/mol. The highest BCUT2D eigenvalue weighted by Crippen LogP contribution is 2.13. The van der Waals surface area contributed by atoms with E-state index in [0.717, 1.165) is 17.0 Å². The van der Waals surface area contributed by atoms with Gasteiger partial charge in [0.1, 0.15) is 12.2 Å². The SMILES string of the molecule is CS(=O)(=O)c1nc(=NCC(F)(F)F)n2nc/c(=C/c3[nH]c(=O)[nH]c3O)c2n1. The second-order valence-corrected chi connectivity index (χ2v) is 7.24. The summed E-state index contributed by atoms with van der Waals surface area (Å²) < 4.78 is 61.7. The van der Waals surface area contributed by atoms with Crippen molar-refractivity contribution in [2.75, 3.05) is 12.8 Å². The van der Waals surface area contributed by atoms with Crippen LogP contribution < -0.4 is 16.5 Å². The van der Waals surface area contributed by atoms with E-state index in [1.54, 1.807) is 0 Å². The molecule has 0 atom stereocenters. The molecule has 0 aromatic carbocycles. The van der Waals surface area contributed by atoms with Gasteiger partial charge in [-0.25, -0.2) is 18.2 Å². The Kier molecular flexibility index (Phi) is 4.25. The summed E-state index contributed by atoms with van der Waals surface area (Å²) >= 11 is 0. The molecule has 0 fully saturated rings. The van der Waals surface area contributed by atoms with E-state index < -0.39 is 44.9 Å². The molecule has 0 saturated heterocycles. The second-order valence-electron chi connectivity index (χ2n) is 5.33. The molecule has 0 spiro atoms. The molecule has 0 aliphatic carbocycles. The lowest BCUT2D eigenvalue weighted by Gasteiger charge is -2.02. The molecule has 15 heteroatoms. The van der Waals surface area contributed by atoms with Crippen LogP contribution in [0.3, 0.4) is 0 Å². The number of fused-ring (bicyclic) bond motifs is 1. The van der Waals surface area contributed by atoms with Gasteiger partial charge in [0.05, 0.1) is 6.20 Å². The minimum atomic E-state index is -4.64. The molecular weight excluding hydrogens is 395 g/mol. The summed E-state index contributed by atoms with van der Waals surface area (Å²) in [5.74, 6) is -0.501. The van der Waals surface area contributed by atoms with Crippen LogP contribution in [0.15, 0.2) is 21.1 Å². The minimum absolute atomic E-state index is 0.0665. The van der Waals surface area contributed by atoms with Crippen molar-refractivity contribution in [3.8, 4) is 5.88 Å². The van der Waals surface area contributed by atoms with Gasteiger partial charge in [-0.3, -0.25) is 4.98 Å². The fourth-order valence-corrected chi connectivity index (χ4v) is 2.54. The molecule has 0 amide bonds. The number of alkyl halides is 3. The molecule has 27 heavy (non-hydrogen) atoms. The maximum absolute atomic E-state index is 12.5. The summed E-state index contributed by atoms with van der Waals surface area (Å²) in [6.07, 6.45) is -1.53. The number of imidazole rings is 1. The third kappa shape index (κ3) is 3.97. The van der Waals surface area contributed by atoms with Crippen LogP contribution in [0.25, 0.3) is 11.7 Å². The quantitative estimate of drug-likeness (QED) is 0.466. The van der Waals surface area contributed by atoms with Crippen LogP contribution in [-0.4, -0.2) is 62.1 Å². The number of rotatable bonds is 3. The van der Waals surface area contributed by atoms with Gasteiger partial charge in [0, 0.05) is 11.5 Å². The monoisotopic (exact) mass is 405 g/mol. The van der Waals surface area contributed by atoms with Crippen molar-refractivity contribution in [1.29, 1.82) is 0 Å². The molecule has 0 saturated carbocycles. The minimum Gasteiger partial charge on any atom is -0.493 e. The highest BCUT2D eigenvalue weighted by atomic mass is 32.2. The van der Waals surface area contributed by atoms with Crippen molar-refractivity contribution in [2.24, 2.45) is 4.99 Å². The van der Waals surface area contributed by atoms with E-state index in [1.165, 1.54) is 6.08 Å². The van der Waals surface area contributed by atoms with Crippen molar-refractivity contribution in [3.05, 3.63) is 33.2 Å². The third-order valence-corrected chi connectivity index (χ3v) is 3.97. The van der Waals surface area contributed by atoms with Crippen molar-refractivity contribution in [2.45, 2.75) is 11.3 Å². The number of nitrogens with zero attached hydrogens (tertiary/aromatic N) is 5. The first-order valence-electron chi connectivity index (χ1n) is 7.00.